The second-order valence-corrected chi connectivity index (χ2v) is 11.0. The van der Waals surface area contributed by atoms with E-state index in [0.29, 0.717) is 48.0 Å². The Morgan fingerprint density at radius 2 is 1.66 bits per heavy atom. The Kier molecular flexibility index (Phi) is 9.91. The highest BCUT2D eigenvalue weighted by atomic mass is 35.5. The number of halogens is 1. The van der Waals surface area contributed by atoms with Crippen molar-refractivity contribution in [3.05, 3.63) is 94.5 Å². The molecule has 1 fully saturated rings. The van der Waals surface area contributed by atoms with E-state index in [9.17, 15) is 9.59 Å². The van der Waals surface area contributed by atoms with Gasteiger partial charge in [-0.1, -0.05) is 72.3 Å². The van der Waals surface area contributed by atoms with E-state index < -0.39 is 5.41 Å². The highest BCUT2D eigenvalue weighted by Crippen LogP contribution is 2.38. The smallest absolute Gasteiger partial charge is 0.255 e. The van der Waals surface area contributed by atoms with Gasteiger partial charge in [0, 0.05) is 40.4 Å². The number of likely N-dealkylation sites (tertiary alicyclic amines) is 1. The maximum absolute atomic E-state index is 14.0. The molecule has 0 aliphatic carbocycles. The molecule has 8 nitrogen and oxygen atoms in total. The van der Waals surface area contributed by atoms with E-state index in [0.717, 1.165) is 17.7 Å². The summed E-state index contributed by atoms with van der Waals surface area (Å²) in [6, 6.07) is 22.9. The average Bonchev–Trinajstić information content (AvgIpc) is 3.00. The average molecular weight is 579 g/mol. The third kappa shape index (κ3) is 6.50. The van der Waals surface area contributed by atoms with Crippen LogP contribution in [0.3, 0.4) is 0 Å². The van der Waals surface area contributed by atoms with Crippen molar-refractivity contribution in [2.24, 2.45) is 0 Å². The Labute approximate surface area is 247 Å². The van der Waals surface area contributed by atoms with E-state index in [-0.39, 0.29) is 24.0 Å². The molecule has 1 saturated heterocycles. The first-order valence-corrected chi connectivity index (χ1v) is 14.1. The summed E-state index contributed by atoms with van der Waals surface area (Å²) < 4.78 is 11.2. The molecule has 0 aromatic heterocycles. The number of nitrogens with one attached hydrogen (secondary N) is 1. The Morgan fingerprint density at radius 1 is 1.05 bits per heavy atom. The van der Waals surface area contributed by atoms with Crippen LogP contribution in [0.15, 0.2) is 72.8 Å². The summed E-state index contributed by atoms with van der Waals surface area (Å²) in [7, 11) is 6.76. The molecule has 0 unspecified atom stereocenters. The summed E-state index contributed by atoms with van der Waals surface area (Å²) in [6.45, 7) is 2.02. The normalized spacial score (nSPS) is 17.6. The van der Waals surface area contributed by atoms with Crippen molar-refractivity contribution < 1.29 is 19.1 Å². The number of amides is 2. The van der Waals surface area contributed by atoms with Gasteiger partial charge in [-0.2, -0.15) is 0 Å². The fourth-order valence-electron chi connectivity index (χ4n) is 5.71. The van der Waals surface area contributed by atoms with Crippen molar-refractivity contribution >= 4 is 29.1 Å². The Morgan fingerprint density at radius 3 is 2.20 bits per heavy atom. The number of carbonyl (C=O) groups is 2. The molecule has 0 saturated carbocycles. The second kappa shape index (κ2) is 13.4. The van der Waals surface area contributed by atoms with E-state index in [2.05, 4.69) is 10.2 Å². The maximum Gasteiger partial charge on any atom is 0.255 e. The summed E-state index contributed by atoms with van der Waals surface area (Å²) in [5.41, 5.74) is 7.64. The van der Waals surface area contributed by atoms with Gasteiger partial charge >= 0.3 is 0 Å². The van der Waals surface area contributed by atoms with Gasteiger partial charge in [0.25, 0.3) is 5.91 Å². The highest BCUT2D eigenvalue weighted by Gasteiger charge is 2.43. The van der Waals surface area contributed by atoms with Crippen LogP contribution in [0, 0.1) is 0 Å². The molecule has 2 amide bonds. The lowest BCUT2D eigenvalue weighted by Gasteiger charge is -2.41. The molecule has 1 aliphatic heterocycles. The molecule has 1 heterocycles. The topological polar surface area (TPSA) is 97.1 Å². The predicted octanol–water partition coefficient (Wildman–Crippen LogP) is 4.21. The predicted molar refractivity (Wildman–Crippen MR) is 162 cm³/mol. The number of nitrogens with zero attached hydrogens (tertiary/aromatic N) is 2. The molecule has 218 valence electrons. The van der Waals surface area contributed by atoms with E-state index >= 15 is 0 Å². The molecule has 1 aliphatic rings. The third-order valence-corrected chi connectivity index (χ3v) is 8.26. The highest BCUT2D eigenvalue weighted by molar-refractivity contribution is 6.33. The molecular weight excluding hydrogens is 540 g/mol. The second-order valence-electron chi connectivity index (χ2n) is 10.6. The summed E-state index contributed by atoms with van der Waals surface area (Å²) >= 11 is 6.19. The number of rotatable bonds is 10. The molecule has 3 N–H and O–H groups in total. The number of nitrogens with two attached hydrogens (primary N) is 1. The SMILES string of the molecule is COc1cc(N)c(Cl)cc1C(=O)N[C@@H]1CCN(CCC(C(=O)N(C)C)(c2ccccc2)c2ccccc2)C[C@@H]1OC. The number of carbonyl (C=O) groups excluding carboxylic acids is 2. The number of nitrogen functional groups attached to an aromatic ring is 1. The Hall–Kier alpha value is -3.59. The van der Waals surface area contributed by atoms with Crippen LogP contribution < -0.4 is 15.8 Å². The van der Waals surface area contributed by atoms with Gasteiger partial charge in [0.15, 0.2) is 0 Å². The van der Waals surface area contributed by atoms with Gasteiger partial charge in [0.2, 0.25) is 5.91 Å². The maximum atomic E-state index is 14.0. The van der Waals surface area contributed by atoms with Gasteiger partial charge in [0.1, 0.15) is 11.2 Å². The summed E-state index contributed by atoms with van der Waals surface area (Å²) in [5, 5.41) is 3.40. The summed E-state index contributed by atoms with van der Waals surface area (Å²) in [5.74, 6) is 0.101. The lowest BCUT2D eigenvalue weighted by Crippen LogP contribution is -2.55. The van der Waals surface area contributed by atoms with E-state index in [4.69, 9.17) is 26.8 Å². The number of methoxy groups -OCH3 is 2. The summed E-state index contributed by atoms with van der Waals surface area (Å²) in [4.78, 5) is 31.2. The van der Waals surface area contributed by atoms with Crippen LogP contribution in [0.4, 0.5) is 5.69 Å². The minimum absolute atomic E-state index is 0.0384. The Bertz CT molecular complexity index is 1300. The van der Waals surface area contributed by atoms with Crippen LogP contribution in [0.25, 0.3) is 0 Å². The van der Waals surface area contributed by atoms with Crippen LogP contribution in [0.5, 0.6) is 5.75 Å². The molecule has 0 spiro atoms. The van der Waals surface area contributed by atoms with Gasteiger partial charge in [0.05, 0.1) is 35.5 Å². The molecular formula is C32H39ClN4O4. The monoisotopic (exact) mass is 578 g/mol. The molecule has 2 atom stereocenters. The van der Waals surface area contributed by atoms with Gasteiger partial charge in [-0.25, -0.2) is 0 Å². The molecule has 3 aromatic rings. The fourth-order valence-corrected chi connectivity index (χ4v) is 5.87. The Balaban J connectivity index is 1.53. The quantitative estimate of drug-likeness (QED) is 0.350. The van der Waals surface area contributed by atoms with Crippen molar-refractivity contribution in [3.8, 4) is 5.75 Å². The largest absolute Gasteiger partial charge is 0.496 e. The first kappa shape index (κ1) is 30.4. The van der Waals surface area contributed by atoms with E-state index in [1.165, 1.54) is 13.2 Å². The van der Waals surface area contributed by atoms with Gasteiger partial charge in [-0.05, 0) is 36.6 Å². The number of benzene rings is 3. The fraction of sp³-hybridized carbons (Fsp3) is 0.375. The number of hydrogen-bond donors (Lipinski definition) is 2. The number of hydrogen-bond acceptors (Lipinski definition) is 6. The zero-order valence-electron chi connectivity index (χ0n) is 24.1. The number of ether oxygens (including phenoxy) is 2. The standard InChI is InChI=1S/C32H39ClN4O4/c1-36(2)31(39)32(22-11-7-5-8-12-22,23-13-9-6-10-14-23)16-18-37-17-15-27(29(21-37)41-4)35-30(38)24-19-25(33)26(34)20-28(24)40-3/h5-14,19-20,27,29H,15-18,21,34H2,1-4H3,(H,35,38)/t27-,29+/m1/s1. The van der Waals surface area contributed by atoms with Crippen LogP contribution in [-0.2, 0) is 14.9 Å². The summed E-state index contributed by atoms with van der Waals surface area (Å²) in [6.07, 6.45) is 1.03. The third-order valence-electron chi connectivity index (χ3n) is 7.93. The van der Waals surface area contributed by atoms with Gasteiger partial charge in [-0.3, -0.25) is 9.59 Å². The number of piperidine rings is 1. The van der Waals surface area contributed by atoms with Crippen molar-refractivity contribution in [1.82, 2.24) is 15.1 Å². The van der Waals surface area contributed by atoms with Crippen LogP contribution in [0.1, 0.15) is 34.3 Å². The molecule has 4 rings (SSSR count). The van der Waals surface area contributed by atoms with Crippen molar-refractivity contribution in [2.75, 3.05) is 53.7 Å². The molecule has 41 heavy (non-hydrogen) atoms. The molecule has 0 bridgehead atoms. The van der Waals surface area contributed by atoms with Crippen LogP contribution in [0.2, 0.25) is 5.02 Å². The first-order chi connectivity index (χ1) is 19.7. The van der Waals surface area contributed by atoms with Crippen LogP contribution >= 0.6 is 11.6 Å². The van der Waals surface area contributed by atoms with Gasteiger partial charge in [-0.15, -0.1) is 0 Å². The lowest BCUT2D eigenvalue weighted by molar-refractivity contribution is -0.133. The van der Waals surface area contributed by atoms with Crippen molar-refractivity contribution in [3.63, 3.8) is 0 Å². The van der Waals surface area contributed by atoms with Crippen molar-refractivity contribution in [2.45, 2.75) is 30.4 Å². The van der Waals surface area contributed by atoms with Crippen molar-refractivity contribution in [1.29, 1.82) is 0 Å². The molecule has 3 aromatic carbocycles. The molecule has 9 heteroatoms. The van der Waals surface area contributed by atoms with E-state index in [1.54, 1.807) is 32.2 Å². The zero-order valence-corrected chi connectivity index (χ0v) is 24.9. The van der Waals surface area contributed by atoms with Gasteiger partial charge < -0.3 is 30.3 Å². The number of likely N-dealkylation sites (N-methyl/N-ethyl adjacent to an activating group) is 1. The minimum Gasteiger partial charge on any atom is -0.496 e. The number of anilines is 1. The lowest BCUT2D eigenvalue weighted by atomic mass is 9.70. The first-order valence-electron chi connectivity index (χ1n) is 13.7. The zero-order chi connectivity index (χ0) is 29.6. The molecule has 0 radical (unpaired) electrons. The van der Waals surface area contributed by atoms with E-state index in [1.807, 2.05) is 60.7 Å². The van der Waals surface area contributed by atoms with Crippen LogP contribution in [-0.4, -0.2) is 81.7 Å². The minimum atomic E-state index is -0.843.